The van der Waals surface area contributed by atoms with Gasteiger partial charge in [-0.15, -0.1) is 0 Å². The van der Waals surface area contributed by atoms with Gasteiger partial charge in [0.15, 0.2) is 4.33 Å². The molecule has 0 aliphatic carbocycles. The highest BCUT2D eigenvalue weighted by Gasteiger charge is 2.36. The van der Waals surface area contributed by atoms with Crippen molar-refractivity contribution in [3.05, 3.63) is 48.2 Å². The predicted molar refractivity (Wildman–Crippen MR) is 82.0 cm³/mol. The maximum absolute atomic E-state index is 12.5. The minimum atomic E-state index is -4.40. The Labute approximate surface area is 133 Å². The number of thioether (sulfide) groups is 1. The van der Waals surface area contributed by atoms with Crippen molar-refractivity contribution < 1.29 is 13.2 Å². The van der Waals surface area contributed by atoms with Crippen molar-refractivity contribution in [2.24, 2.45) is 4.99 Å². The second-order valence-electron chi connectivity index (χ2n) is 4.02. The van der Waals surface area contributed by atoms with E-state index in [1.807, 2.05) is 0 Å². The van der Waals surface area contributed by atoms with Crippen molar-refractivity contribution in [2.45, 2.75) is 15.4 Å². The van der Waals surface area contributed by atoms with Gasteiger partial charge in [-0.1, -0.05) is 23.4 Å². The lowest BCUT2D eigenvalue weighted by Gasteiger charge is -2.27. The zero-order chi connectivity index (χ0) is 15.5. The zero-order valence-corrected chi connectivity index (χ0v) is 12.7. The Morgan fingerprint density at radius 3 is 2.43 bits per heavy atom. The van der Waals surface area contributed by atoms with Crippen molar-refractivity contribution in [3.63, 3.8) is 0 Å². The first kappa shape index (κ1) is 16.1. The fourth-order valence-electron chi connectivity index (χ4n) is 1.52. The molecule has 0 aromatic heterocycles. The van der Waals surface area contributed by atoms with Gasteiger partial charge in [-0.05, 0) is 48.6 Å². The number of aliphatic imine (C=N–C) groups is 1. The van der Waals surface area contributed by atoms with Crippen molar-refractivity contribution in [1.82, 2.24) is 5.32 Å². The van der Waals surface area contributed by atoms with Crippen LogP contribution in [0.15, 0.2) is 58.1 Å². The lowest BCUT2D eigenvalue weighted by Crippen LogP contribution is -2.34. The van der Waals surface area contributed by atoms with Crippen LogP contribution in [0.2, 0.25) is 0 Å². The molecule has 1 atom stereocenters. The first-order valence-corrected chi connectivity index (χ1v) is 7.23. The summed E-state index contributed by atoms with van der Waals surface area (Å²) in [4.78, 5) is 4.58. The highest BCUT2D eigenvalue weighted by molar-refractivity contribution is 8.02. The second-order valence-corrected chi connectivity index (χ2v) is 6.34. The first-order valence-electron chi connectivity index (χ1n) is 5.62. The van der Waals surface area contributed by atoms with Gasteiger partial charge in [0.2, 0.25) is 0 Å². The van der Waals surface area contributed by atoms with Crippen molar-refractivity contribution >= 4 is 46.4 Å². The zero-order valence-electron chi connectivity index (χ0n) is 10.3. The summed E-state index contributed by atoms with van der Waals surface area (Å²) in [6.07, 6.45) is -1.30. The molecule has 0 saturated heterocycles. The summed E-state index contributed by atoms with van der Waals surface area (Å²) in [5.41, 5.74) is -0.130. The van der Waals surface area contributed by atoms with E-state index in [0.717, 1.165) is 17.2 Å². The highest BCUT2D eigenvalue weighted by Crippen LogP contribution is 2.40. The molecule has 1 aromatic rings. The van der Waals surface area contributed by atoms with Crippen LogP contribution in [0.1, 0.15) is 0 Å². The molecule has 8 heteroatoms. The summed E-state index contributed by atoms with van der Waals surface area (Å²) >= 11 is 11.9. The van der Waals surface area contributed by atoms with Crippen LogP contribution in [0.4, 0.5) is 18.9 Å². The van der Waals surface area contributed by atoms with E-state index in [-0.39, 0.29) is 0 Å². The van der Waals surface area contributed by atoms with Gasteiger partial charge in [0.05, 0.1) is 16.4 Å². The molecule has 0 radical (unpaired) electrons. The molecule has 1 unspecified atom stereocenters. The third-order valence-electron chi connectivity index (χ3n) is 2.51. The van der Waals surface area contributed by atoms with E-state index in [4.69, 9.17) is 11.6 Å². The first-order chi connectivity index (χ1) is 9.82. The van der Waals surface area contributed by atoms with Crippen LogP contribution in [0.3, 0.4) is 0 Å². The molecule has 0 bridgehead atoms. The molecule has 2 nitrogen and oxygen atoms in total. The number of thiocarbonyl (C=S) groups is 1. The monoisotopic (exact) mass is 348 g/mol. The maximum atomic E-state index is 12.5. The molecule has 1 heterocycles. The molecule has 0 amide bonds. The van der Waals surface area contributed by atoms with Gasteiger partial charge < -0.3 is 5.32 Å². The van der Waals surface area contributed by atoms with Crippen LogP contribution in [0, 0.1) is 0 Å². The molecule has 21 heavy (non-hydrogen) atoms. The molecule has 1 aromatic carbocycles. The quantitative estimate of drug-likeness (QED) is 0.359. The highest BCUT2D eigenvalue weighted by atomic mass is 35.5. The van der Waals surface area contributed by atoms with Crippen LogP contribution in [-0.4, -0.2) is 15.7 Å². The number of dihydropyridines is 1. The van der Waals surface area contributed by atoms with Gasteiger partial charge in [-0.2, -0.15) is 18.2 Å². The van der Waals surface area contributed by atoms with E-state index in [1.165, 1.54) is 17.8 Å². The molecule has 0 spiro atoms. The van der Waals surface area contributed by atoms with Gasteiger partial charge in [-0.25, -0.2) is 0 Å². The fraction of sp³-hybridized carbons (Fsp3) is 0.154. The maximum Gasteiger partial charge on any atom is 0.417 e. The van der Waals surface area contributed by atoms with E-state index < -0.39 is 16.1 Å². The number of nitrogens with zero attached hydrogens (tertiary/aromatic N) is 1. The van der Waals surface area contributed by atoms with E-state index in [9.17, 15) is 13.2 Å². The largest absolute Gasteiger partial charge is 0.417 e. The Kier molecular flexibility index (Phi) is 4.78. The number of hydrogen-bond donors (Lipinski definition) is 1. The molecule has 1 aliphatic heterocycles. The van der Waals surface area contributed by atoms with Crippen LogP contribution in [0.25, 0.3) is 0 Å². The van der Waals surface area contributed by atoms with Crippen molar-refractivity contribution in [2.75, 3.05) is 0 Å². The SMILES string of the molecule is FC(F)(F)C1=CNC(Cl)(Sc2ccc(N=C=S)cc2)C=C1. The Balaban J connectivity index is 2.09. The summed E-state index contributed by atoms with van der Waals surface area (Å²) in [5.74, 6) is 0. The standard InChI is InChI=1S/C13H8ClF3N2S2/c14-12(6-5-9(7-19-12)13(15,16)17)21-11-3-1-10(2-4-11)18-8-20/h1-7,19H. The van der Waals surface area contributed by atoms with Gasteiger partial charge in [0.1, 0.15) is 0 Å². The summed E-state index contributed by atoms with van der Waals surface area (Å²) in [6.45, 7) is 0. The van der Waals surface area contributed by atoms with Crippen molar-refractivity contribution in [1.29, 1.82) is 0 Å². The average Bonchev–Trinajstić information content (AvgIpc) is 2.40. The van der Waals surface area contributed by atoms with Crippen molar-refractivity contribution in [3.8, 4) is 0 Å². The van der Waals surface area contributed by atoms with Crippen LogP contribution < -0.4 is 5.32 Å². The number of hydrogen-bond acceptors (Lipinski definition) is 4. The Morgan fingerprint density at radius 1 is 1.29 bits per heavy atom. The number of alkyl halides is 4. The molecule has 0 fully saturated rings. The molecule has 1 N–H and O–H groups in total. The molecule has 110 valence electrons. The summed E-state index contributed by atoms with van der Waals surface area (Å²) < 4.78 is 36.3. The van der Waals surface area contributed by atoms with Gasteiger partial charge in [-0.3, -0.25) is 0 Å². The summed E-state index contributed by atoms with van der Waals surface area (Å²) in [6, 6.07) is 6.93. The Bertz CT molecular complexity index is 634. The van der Waals surface area contributed by atoms with E-state index in [1.54, 1.807) is 24.3 Å². The topological polar surface area (TPSA) is 24.4 Å². The van der Waals surface area contributed by atoms with E-state index >= 15 is 0 Å². The Morgan fingerprint density at radius 2 is 1.95 bits per heavy atom. The molecular formula is C13H8ClF3N2S2. The minimum Gasteiger partial charge on any atom is -0.360 e. The Hall–Kier alpha value is -1.27. The molecule has 2 rings (SSSR count). The van der Waals surface area contributed by atoms with E-state index in [0.29, 0.717) is 5.69 Å². The number of halogens is 4. The minimum absolute atomic E-state index is 0.643. The van der Waals surface area contributed by atoms with Crippen LogP contribution in [-0.2, 0) is 0 Å². The molecular weight excluding hydrogens is 341 g/mol. The number of isothiocyanates is 1. The number of nitrogens with one attached hydrogen (secondary N) is 1. The summed E-state index contributed by atoms with van der Waals surface area (Å²) in [5, 5.41) is 4.80. The molecule has 1 aliphatic rings. The van der Waals surface area contributed by atoms with Gasteiger partial charge in [0, 0.05) is 11.1 Å². The fourth-order valence-corrected chi connectivity index (χ4v) is 2.88. The lowest BCUT2D eigenvalue weighted by atomic mass is 10.2. The third-order valence-corrected chi connectivity index (χ3v) is 4.12. The normalized spacial score (nSPS) is 21.2. The average molecular weight is 349 g/mol. The number of rotatable bonds is 3. The van der Waals surface area contributed by atoms with Gasteiger partial charge in [0.25, 0.3) is 0 Å². The number of allylic oxidation sites excluding steroid dienone is 2. The third kappa shape index (κ3) is 4.35. The van der Waals surface area contributed by atoms with Gasteiger partial charge >= 0.3 is 6.18 Å². The number of benzene rings is 1. The summed E-state index contributed by atoms with van der Waals surface area (Å²) in [7, 11) is 0. The van der Waals surface area contributed by atoms with Crippen LogP contribution in [0.5, 0.6) is 0 Å². The van der Waals surface area contributed by atoms with Crippen LogP contribution >= 0.6 is 35.6 Å². The predicted octanol–water partition coefficient (Wildman–Crippen LogP) is 5.01. The van der Waals surface area contributed by atoms with E-state index in [2.05, 4.69) is 27.7 Å². The smallest absolute Gasteiger partial charge is 0.360 e. The second kappa shape index (κ2) is 6.23. The lowest BCUT2D eigenvalue weighted by molar-refractivity contribution is -0.0887. The molecule has 0 saturated carbocycles.